The minimum Gasteiger partial charge on any atom is -0.496 e. The number of carbonyl (C=O) groups excluding carboxylic acids is 2. The van der Waals surface area contributed by atoms with Crippen LogP contribution in [0.15, 0.2) is 22.7 Å². The smallest absolute Gasteiger partial charge is 0.325 e. The lowest BCUT2D eigenvalue weighted by Crippen LogP contribution is -2.45. The normalized spacial score (nSPS) is 17.0. The van der Waals surface area contributed by atoms with E-state index in [2.05, 4.69) is 21.2 Å². The number of urea groups is 1. The second-order valence-electron chi connectivity index (χ2n) is 5.07. The molecule has 21 heavy (non-hydrogen) atoms. The molecule has 1 aromatic carbocycles. The summed E-state index contributed by atoms with van der Waals surface area (Å²) in [6.07, 6.45) is 1.17. The molecule has 0 radical (unpaired) electrons. The van der Waals surface area contributed by atoms with E-state index in [-0.39, 0.29) is 18.5 Å². The number of imide groups is 1. The molecular weight excluding hydrogens is 336 g/mol. The highest BCUT2D eigenvalue weighted by Crippen LogP contribution is 2.29. The Morgan fingerprint density at radius 3 is 2.48 bits per heavy atom. The van der Waals surface area contributed by atoms with Crippen molar-refractivity contribution in [2.45, 2.75) is 38.8 Å². The van der Waals surface area contributed by atoms with Crippen LogP contribution in [-0.4, -0.2) is 29.5 Å². The molecule has 114 valence electrons. The van der Waals surface area contributed by atoms with Crippen molar-refractivity contribution in [3.63, 3.8) is 0 Å². The highest BCUT2D eigenvalue weighted by Gasteiger charge is 2.48. The summed E-state index contributed by atoms with van der Waals surface area (Å²) in [7, 11) is 1.57. The number of nitrogens with zero attached hydrogens (tertiary/aromatic N) is 1. The van der Waals surface area contributed by atoms with Gasteiger partial charge < -0.3 is 10.1 Å². The standard InChI is InChI=1S/C15H19BrN2O3/c1-4-15(5-2)13(19)18(14(20)17-15)9-10-8-11(16)6-7-12(10)21-3/h6-8H,4-5,9H2,1-3H3,(H,17,20). The largest absolute Gasteiger partial charge is 0.496 e. The fourth-order valence-corrected chi connectivity index (χ4v) is 3.00. The van der Waals surface area contributed by atoms with E-state index in [4.69, 9.17) is 4.74 Å². The summed E-state index contributed by atoms with van der Waals surface area (Å²) >= 11 is 3.40. The monoisotopic (exact) mass is 354 g/mol. The number of nitrogens with one attached hydrogen (secondary N) is 1. The summed E-state index contributed by atoms with van der Waals surface area (Å²) in [5.41, 5.74) is 0.0226. The maximum Gasteiger partial charge on any atom is 0.325 e. The first-order valence-electron chi connectivity index (χ1n) is 6.94. The fraction of sp³-hybridized carbons (Fsp3) is 0.467. The molecule has 1 aliphatic rings. The van der Waals surface area contributed by atoms with Gasteiger partial charge in [-0.3, -0.25) is 9.69 Å². The summed E-state index contributed by atoms with van der Waals surface area (Å²) in [5.74, 6) is 0.490. The molecule has 0 bridgehead atoms. The quantitative estimate of drug-likeness (QED) is 0.826. The van der Waals surface area contributed by atoms with E-state index in [1.54, 1.807) is 7.11 Å². The number of amides is 3. The number of carbonyl (C=O) groups is 2. The van der Waals surface area contributed by atoms with Crippen molar-refractivity contribution in [1.29, 1.82) is 0 Å². The first kappa shape index (κ1) is 15.8. The maximum atomic E-state index is 12.6. The molecule has 2 rings (SSSR count). The Balaban J connectivity index is 2.30. The van der Waals surface area contributed by atoms with Crippen LogP contribution >= 0.6 is 15.9 Å². The van der Waals surface area contributed by atoms with Crippen LogP contribution in [0.3, 0.4) is 0 Å². The van der Waals surface area contributed by atoms with Gasteiger partial charge in [0.25, 0.3) is 5.91 Å². The molecule has 3 amide bonds. The van der Waals surface area contributed by atoms with Gasteiger partial charge in [-0.15, -0.1) is 0 Å². The number of hydrogen-bond acceptors (Lipinski definition) is 3. The Labute approximate surface area is 132 Å². The minimum absolute atomic E-state index is 0.167. The van der Waals surface area contributed by atoms with Gasteiger partial charge in [-0.05, 0) is 31.0 Å². The van der Waals surface area contributed by atoms with Crippen molar-refractivity contribution >= 4 is 27.9 Å². The van der Waals surface area contributed by atoms with Crippen molar-refractivity contribution in [1.82, 2.24) is 10.2 Å². The van der Waals surface area contributed by atoms with Crippen molar-refractivity contribution < 1.29 is 14.3 Å². The molecule has 0 aromatic heterocycles. The Morgan fingerprint density at radius 1 is 1.29 bits per heavy atom. The zero-order chi connectivity index (χ0) is 15.6. The van der Waals surface area contributed by atoms with Crippen molar-refractivity contribution in [3.8, 4) is 5.75 Å². The van der Waals surface area contributed by atoms with Crippen molar-refractivity contribution in [2.75, 3.05) is 7.11 Å². The van der Waals surface area contributed by atoms with E-state index in [1.807, 2.05) is 32.0 Å². The Kier molecular flexibility index (Phi) is 4.56. The second kappa shape index (κ2) is 6.05. The predicted octanol–water partition coefficient (Wildman–Crippen LogP) is 3.07. The van der Waals surface area contributed by atoms with E-state index in [9.17, 15) is 9.59 Å². The average Bonchev–Trinajstić information content (AvgIpc) is 2.72. The van der Waals surface area contributed by atoms with Gasteiger partial charge in [-0.2, -0.15) is 0 Å². The van der Waals surface area contributed by atoms with Crippen LogP contribution in [0.25, 0.3) is 0 Å². The molecule has 1 saturated heterocycles. The van der Waals surface area contributed by atoms with Gasteiger partial charge in [0.15, 0.2) is 0 Å². The molecule has 0 unspecified atom stereocenters. The molecule has 1 aromatic rings. The Bertz CT molecular complexity index is 570. The maximum absolute atomic E-state index is 12.6. The summed E-state index contributed by atoms with van der Waals surface area (Å²) in [6.45, 7) is 4.02. The molecule has 1 fully saturated rings. The SMILES string of the molecule is CCC1(CC)NC(=O)N(Cc2cc(Br)ccc2OC)C1=O. The van der Waals surface area contributed by atoms with Crippen LogP contribution in [0.1, 0.15) is 32.3 Å². The zero-order valence-corrected chi connectivity index (χ0v) is 14.0. The van der Waals surface area contributed by atoms with Crippen LogP contribution < -0.4 is 10.1 Å². The third-order valence-corrected chi connectivity index (χ3v) is 4.52. The van der Waals surface area contributed by atoms with Gasteiger partial charge in [-0.25, -0.2) is 4.79 Å². The van der Waals surface area contributed by atoms with E-state index < -0.39 is 5.54 Å². The van der Waals surface area contributed by atoms with Gasteiger partial charge in [0, 0.05) is 10.0 Å². The predicted molar refractivity (Wildman–Crippen MR) is 83.1 cm³/mol. The zero-order valence-electron chi connectivity index (χ0n) is 12.4. The summed E-state index contributed by atoms with van der Waals surface area (Å²) in [4.78, 5) is 26.0. The lowest BCUT2D eigenvalue weighted by molar-refractivity contribution is -0.132. The summed E-state index contributed by atoms with van der Waals surface area (Å²) in [6, 6.07) is 5.18. The lowest BCUT2D eigenvalue weighted by Gasteiger charge is -2.23. The van der Waals surface area contributed by atoms with Crippen LogP contribution in [0, 0.1) is 0 Å². The number of rotatable bonds is 5. The molecule has 0 spiro atoms. The Morgan fingerprint density at radius 2 is 1.95 bits per heavy atom. The molecule has 6 heteroatoms. The third-order valence-electron chi connectivity index (χ3n) is 4.02. The van der Waals surface area contributed by atoms with E-state index in [0.29, 0.717) is 18.6 Å². The molecule has 0 saturated carbocycles. The lowest BCUT2D eigenvalue weighted by atomic mass is 9.93. The third kappa shape index (κ3) is 2.77. The first-order chi connectivity index (χ1) is 9.97. The van der Waals surface area contributed by atoms with Crippen LogP contribution in [-0.2, 0) is 11.3 Å². The van der Waals surface area contributed by atoms with Gasteiger partial charge in [0.1, 0.15) is 11.3 Å². The average molecular weight is 355 g/mol. The van der Waals surface area contributed by atoms with E-state index in [0.717, 1.165) is 10.0 Å². The highest BCUT2D eigenvalue weighted by molar-refractivity contribution is 9.10. The van der Waals surface area contributed by atoms with E-state index >= 15 is 0 Å². The Hall–Kier alpha value is -1.56. The number of ether oxygens (including phenoxy) is 1. The van der Waals surface area contributed by atoms with Gasteiger partial charge in [-0.1, -0.05) is 29.8 Å². The molecule has 1 aliphatic heterocycles. The summed E-state index contributed by atoms with van der Waals surface area (Å²) < 4.78 is 6.17. The van der Waals surface area contributed by atoms with Gasteiger partial charge in [0.2, 0.25) is 0 Å². The van der Waals surface area contributed by atoms with Crippen LogP contribution in [0.4, 0.5) is 4.79 Å². The van der Waals surface area contributed by atoms with Crippen molar-refractivity contribution in [3.05, 3.63) is 28.2 Å². The molecule has 0 aliphatic carbocycles. The summed E-state index contributed by atoms with van der Waals surface area (Å²) in [5, 5.41) is 2.82. The number of hydrogen-bond donors (Lipinski definition) is 1. The van der Waals surface area contributed by atoms with Crippen molar-refractivity contribution in [2.24, 2.45) is 0 Å². The van der Waals surface area contributed by atoms with Gasteiger partial charge in [0.05, 0.1) is 13.7 Å². The molecule has 5 nitrogen and oxygen atoms in total. The first-order valence-corrected chi connectivity index (χ1v) is 7.73. The topological polar surface area (TPSA) is 58.6 Å². The molecule has 0 atom stereocenters. The van der Waals surface area contributed by atoms with Crippen LogP contribution in [0.5, 0.6) is 5.75 Å². The molecule has 1 N–H and O–H groups in total. The van der Waals surface area contributed by atoms with Gasteiger partial charge >= 0.3 is 6.03 Å². The van der Waals surface area contributed by atoms with E-state index in [1.165, 1.54) is 4.90 Å². The highest BCUT2D eigenvalue weighted by atomic mass is 79.9. The number of benzene rings is 1. The van der Waals surface area contributed by atoms with Crippen LogP contribution in [0.2, 0.25) is 0 Å². The molecular formula is C15H19BrN2O3. The number of methoxy groups -OCH3 is 1. The second-order valence-corrected chi connectivity index (χ2v) is 5.98. The fourth-order valence-electron chi connectivity index (χ4n) is 2.59. The minimum atomic E-state index is -0.768. The number of halogens is 1. The molecule has 1 heterocycles.